The summed E-state index contributed by atoms with van der Waals surface area (Å²) >= 11 is 0. The van der Waals surface area contributed by atoms with Crippen molar-refractivity contribution in [1.29, 1.82) is 0 Å². The smallest absolute Gasteiger partial charge is 0.340 e. The van der Waals surface area contributed by atoms with Crippen LogP contribution in [0.3, 0.4) is 0 Å². The van der Waals surface area contributed by atoms with Crippen molar-refractivity contribution in [3.63, 3.8) is 0 Å². The second-order valence-corrected chi connectivity index (χ2v) is 6.07. The van der Waals surface area contributed by atoms with Gasteiger partial charge in [-0.25, -0.2) is 4.18 Å². The molecule has 0 saturated heterocycles. The molecule has 0 fully saturated rings. The highest BCUT2D eigenvalue weighted by Crippen LogP contribution is 2.32. The predicted octanol–water partition coefficient (Wildman–Crippen LogP) is -0.909. The lowest BCUT2D eigenvalue weighted by Gasteiger charge is -2.11. The molecule has 1 unspecified atom stereocenters. The third-order valence-electron chi connectivity index (χ3n) is 3.04. The van der Waals surface area contributed by atoms with Gasteiger partial charge in [0.1, 0.15) is 5.75 Å². The molecule has 1 aromatic heterocycles. The normalized spacial score (nSPS) is 17.4. The van der Waals surface area contributed by atoms with Crippen molar-refractivity contribution in [2.75, 3.05) is 12.0 Å². The molecule has 0 radical (unpaired) electrons. The Morgan fingerprint density at radius 1 is 1.36 bits per heavy atom. The minimum absolute atomic E-state index is 0.216. The fourth-order valence-electron chi connectivity index (χ4n) is 2.06. The first-order valence-corrected chi connectivity index (χ1v) is 7.93. The number of anilines is 1. The summed E-state index contributed by atoms with van der Waals surface area (Å²) in [7, 11) is -3.85. The summed E-state index contributed by atoms with van der Waals surface area (Å²) in [6.45, 7) is 1.85. The average molecular weight is 327 g/mol. The van der Waals surface area contributed by atoms with E-state index in [-0.39, 0.29) is 13.0 Å². The summed E-state index contributed by atoms with van der Waals surface area (Å²) in [5, 5.41) is 0. The number of hydrogen-bond acceptors (Lipinski definition) is 7. The minimum Gasteiger partial charge on any atom is -0.463 e. The number of benzene rings is 1. The van der Waals surface area contributed by atoms with Crippen LogP contribution in [0.25, 0.3) is 0 Å². The van der Waals surface area contributed by atoms with Crippen LogP contribution in [0.2, 0.25) is 0 Å². The van der Waals surface area contributed by atoms with Gasteiger partial charge >= 0.3 is 21.4 Å². The quantitative estimate of drug-likeness (QED) is 0.660. The van der Waals surface area contributed by atoms with E-state index in [9.17, 15) is 18.0 Å². The van der Waals surface area contributed by atoms with Crippen molar-refractivity contribution in [2.24, 2.45) is 0 Å². The Bertz CT molecular complexity index is 855. The van der Waals surface area contributed by atoms with E-state index >= 15 is 0 Å². The van der Waals surface area contributed by atoms with Gasteiger partial charge in [-0.2, -0.15) is 17.8 Å². The van der Waals surface area contributed by atoms with Gasteiger partial charge in [0.05, 0.1) is 5.69 Å². The van der Waals surface area contributed by atoms with Gasteiger partial charge < -0.3 is 4.74 Å². The van der Waals surface area contributed by atoms with Gasteiger partial charge in [0.2, 0.25) is 6.29 Å². The van der Waals surface area contributed by atoms with Crippen molar-refractivity contribution in [1.82, 2.24) is 9.40 Å². The van der Waals surface area contributed by atoms with E-state index < -0.39 is 27.7 Å². The first kappa shape index (κ1) is 14.8. The molecule has 2 aromatic rings. The number of nitrogens with one attached hydrogen (secondary N) is 2. The third-order valence-corrected chi connectivity index (χ3v) is 4.15. The van der Waals surface area contributed by atoms with Gasteiger partial charge in [-0.15, -0.1) is 0 Å². The zero-order valence-electron chi connectivity index (χ0n) is 11.5. The van der Waals surface area contributed by atoms with Gasteiger partial charge in [0.25, 0.3) is 0 Å². The number of aromatic nitrogens is 1. The van der Waals surface area contributed by atoms with Gasteiger partial charge in [-0.1, -0.05) is 6.92 Å². The number of hydrogen-bond donors (Lipinski definition) is 2. The minimum atomic E-state index is -3.85. The highest BCUT2D eigenvalue weighted by atomic mass is 32.2. The van der Waals surface area contributed by atoms with Gasteiger partial charge in [0.15, 0.2) is 0 Å². The zero-order valence-corrected chi connectivity index (χ0v) is 12.3. The van der Waals surface area contributed by atoms with Gasteiger partial charge in [0, 0.05) is 18.5 Å². The lowest BCUT2D eigenvalue weighted by Crippen LogP contribution is -2.31. The molecule has 118 valence electrons. The second kappa shape index (κ2) is 5.23. The molecule has 9 nitrogen and oxygen atoms in total. The molecule has 10 heteroatoms. The third kappa shape index (κ3) is 2.89. The molecule has 1 atom stereocenters. The van der Waals surface area contributed by atoms with E-state index in [0.717, 1.165) is 4.68 Å². The Kier molecular flexibility index (Phi) is 3.51. The molecule has 2 heterocycles. The average Bonchev–Trinajstić information content (AvgIpc) is 2.85. The largest absolute Gasteiger partial charge is 0.463 e. The van der Waals surface area contributed by atoms with Crippen molar-refractivity contribution in [3.8, 4) is 5.75 Å². The number of fused-ring (bicyclic) bond motifs is 1. The van der Waals surface area contributed by atoms with Crippen molar-refractivity contribution in [2.45, 2.75) is 19.6 Å². The summed E-state index contributed by atoms with van der Waals surface area (Å²) in [6, 6.07) is 4.88. The monoisotopic (exact) mass is 327 g/mol. The van der Waals surface area contributed by atoms with E-state index in [4.69, 9.17) is 8.92 Å². The standard InChI is InChI=1S/C12H13N3O6S/c1-2-13-22(18,19)21-10-6-7-5-8(3-4-9(7)20-10)14-15-11(16)12(15)17/h3-5,10,13-14H,2,6H2,1H3. The Morgan fingerprint density at radius 3 is 2.73 bits per heavy atom. The molecular weight excluding hydrogens is 314 g/mol. The molecule has 0 amide bonds. The Morgan fingerprint density at radius 2 is 2.09 bits per heavy atom. The Hall–Kier alpha value is -2.17. The van der Waals surface area contributed by atoms with E-state index in [1.165, 1.54) is 0 Å². The van der Waals surface area contributed by atoms with Crippen molar-refractivity contribution < 1.29 is 17.3 Å². The second-order valence-electron chi connectivity index (χ2n) is 4.68. The zero-order chi connectivity index (χ0) is 15.9. The highest BCUT2D eigenvalue weighted by molar-refractivity contribution is 7.84. The van der Waals surface area contributed by atoms with Gasteiger partial charge in [-0.05, 0) is 18.2 Å². The van der Waals surface area contributed by atoms with Crippen LogP contribution in [0.5, 0.6) is 5.75 Å². The summed E-state index contributed by atoms with van der Waals surface area (Å²) < 4.78 is 36.4. The fourth-order valence-corrected chi connectivity index (χ4v) is 2.87. The first-order chi connectivity index (χ1) is 10.4. The van der Waals surface area contributed by atoms with Crippen LogP contribution in [0.1, 0.15) is 12.5 Å². The number of rotatable bonds is 6. The summed E-state index contributed by atoms with van der Waals surface area (Å²) in [4.78, 5) is 21.8. The molecule has 0 spiro atoms. The van der Waals surface area contributed by atoms with Gasteiger partial charge in [-0.3, -0.25) is 15.0 Å². The highest BCUT2D eigenvalue weighted by Gasteiger charge is 2.28. The molecule has 1 aromatic carbocycles. The first-order valence-electron chi connectivity index (χ1n) is 6.52. The van der Waals surface area contributed by atoms with Crippen LogP contribution < -0.4 is 26.0 Å². The molecule has 1 aliphatic rings. The fraction of sp³-hybridized carbons (Fsp3) is 0.333. The maximum absolute atomic E-state index is 11.5. The van der Waals surface area contributed by atoms with Crippen LogP contribution in [-0.4, -0.2) is 25.9 Å². The van der Waals surface area contributed by atoms with Crippen LogP contribution >= 0.6 is 0 Å². The lowest BCUT2D eigenvalue weighted by atomic mass is 10.1. The van der Waals surface area contributed by atoms with Crippen molar-refractivity contribution >= 4 is 16.0 Å². The molecule has 22 heavy (non-hydrogen) atoms. The maximum atomic E-state index is 11.5. The van der Waals surface area contributed by atoms with Crippen molar-refractivity contribution in [3.05, 3.63) is 44.5 Å². The van der Waals surface area contributed by atoms with Crippen LogP contribution in [0.4, 0.5) is 5.69 Å². The predicted molar refractivity (Wildman–Crippen MR) is 76.6 cm³/mol. The molecule has 0 aliphatic carbocycles. The molecule has 1 aliphatic heterocycles. The molecule has 3 rings (SSSR count). The SMILES string of the molecule is CCNS(=O)(=O)OC1Cc2cc(Nn3c(=O)c3=O)ccc2O1. The Balaban J connectivity index is 1.70. The summed E-state index contributed by atoms with van der Waals surface area (Å²) in [5.74, 6) is 0.491. The molecule has 0 bridgehead atoms. The van der Waals surface area contributed by atoms with E-state index in [0.29, 0.717) is 17.0 Å². The van der Waals surface area contributed by atoms with Crippen LogP contribution in [-0.2, 0) is 20.9 Å². The summed E-state index contributed by atoms with van der Waals surface area (Å²) in [6.07, 6.45) is -0.712. The summed E-state index contributed by atoms with van der Waals surface area (Å²) in [5.41, 5.74) is 2.67. The molecular formula is C12H13N3O6S. The van der Waals surface area contributed by atoms with Crippen LogP contribution in [0.15, 0.2) is 27.8 Å². The topological polar surface area (TPSA) is 116 Å². The number of nitrogens with zero attached hydrogens (tertiary/aromatic N) is 1. The Labute approximate surface area is 125 Å². The van der Waals surface area contributed by atoms with Crippen LogP contribution in [0, 0.1) is 0 Å². The maximum Gasteiger partial charge on any atom is 0.340 e. The lowest BCUT2D eigenvalue weighted by molar-refractivity contribution is 0.0299. The number of ether oxygens (including phenoxy) is 1. The van der Waals surface area contributed by atoms with E-state index in [1.54, 1.807) is 25.1 Å². The van der Waals surface area contributed by atoms with E-state index in [1.807, 2.05) is 0 Å². The molecule has 0 saturated carbocycles. The molecule has 2 N–H and O–H groups in total. The van der Waals surface area contributed by atoms with E-state index in [2.05, 4.69) is 10.1 Å².